The zero-order chi connectivity index (χ0) is 13.8. The van der Waals surface area contributed by atoms with Crippen LogP contribution in [0.15, 0.2) is 57.4 Å². The average Bonchev–Trinajstić information content (AvgIpc) is 3.14. The fraction of sp³-hybridized carbons (Fsp3) is 0.0714. The molecule has 0 N–H and O–H groups in total. The third-order valence-electron chi connectivity index (χ3n) is 2.64. The normalized spacial score (nSPS) is 12.3. The Morgan fingerprint density at radius 3 is 2.85 bits per heavy atom. The lowest BCUT2D eigenvalue weighted by Gasteiger charge is -2.00. The summed E-state index contributed by atoms with van der Waals surface area (Å²) in [6, 6.07) is 9.87. The molecule has 0 aromatic carbocycles. The molecule has 0 unspecified atom stereocenters. The summed E-state index contributed by atoms with van der Waals surface area (Å²) in [6.45, 7) is 0. The van der Waals surface area contributed by atoms with Crippen LogP contribution in [0.1, 0.15) is 5.69 Å². The summed E-state index contributed by atoms with van der Waals surface area (Å²) in [6.07, 6.45) is 3.50. The van der Waals surface area contributed by atoms with Crippen LogP contribution in [-0.4, -0.2) is 22.9 Å². The minimum Gasteiger partial charge on any atom is -0.261 e. The Hall–Kier alpha value is -2.05. The largest absolute Gasteiger partial charge is 0.261 e. The molecule has 3 aromatic heterocycles. The van der Waals surface area contributed by atoms with Crippen molar-refractivity contribution in [1.29, 1.82) is 0 Å². The molecule has 0 radical (unpaired) electrons. The topological polar surface area (TPSA) is 42.5 Å². The van der Waals surface area contributed by atoms with Crippen LogP contribution < -0.4 is 4.80 Å². The maximum Gasteiger partial charge on any atom is 0.205 e. The predicted molar refractivity (Wildman–Crippen MR) is 84.3 cm³/mol. The second kappa shape index (κ2) is 5.94. The summed E-state index contributed by atoms with van der Waals surface area (Å²) in [5.41, 5.74) is 1.88. The van der Waals surface area contributed by atoms with Gasteiger partial charge >= 0.3 is 0 Å². The van der Waals surface area contributed by atoms with Crippen LogP contribution in [0, 0.1) is 0 Å². The maximum atomic E-state index is 4.52. The van der Waals surface area contributed by atoms with Gasteiger partial charge in [0.1, 0.15) is 0 Å². The zero-order valence-corrected chi connectivity index (χ0v) is 12.4. The summed E-state index contributed by atoms with van der Waals surface area (Å²) < 4.78 is 1.85. The van der Waals surface area contributed by atoms with Crippen molar-refractivity contribution in [1.82, 2.24) is 9.66 Å². The number of rotatable bonds is 3. The molecule has 0 aliphatic heterocycles. The first kappa shape index (κ1) is 13.0. The Morgan fingerprint density at radius 1 is 1.20 bits per heavy atom. The minimum absolute atomic E-state index is 0.824. The zero-order valence-electron chi connectivity index (χ0n) is 10.8. The van der Waals surface area contributed by atoms with E-state index in [1.165, 1.54) is 4.88 Å². The van der Waals surface area contributed by atoms with E-state index in [4.69, 9.17) is 0 Å². The molecular weight excluding hydrogens is 288 g/mol. The number of nitrogens with zero attached hydrogens (tertiary/aromatic N) is 4. The monoisotopic (exact) mass is 300 g/mol. The quantitative estimate of drug-likeness (QED) is 0.685. The van der Waals surface area contributed by atoms with Gasteiger partial charge in [0.15, 0.2) is 0 Å². The van der Waals surface area contributed by atoms with E-state index >= 15 is 0 Å². The standard InChI is InChI=1S/C14H12N4S2/c1-15-14-18(17-9-11-5-2-3-7-16-11)12(10-20-14)13-6-4-8-19-13/h2-10H,1H3/b15-14?,17-9-. The molecule has 20 heavy (non-hydrogen) atoms. The Labute approximate surface area is 124 Å². The van der Waals surface area contributed by atoms with Gasteiger partial charge in [-0.15, -0.1) is 22.7 Å². The van der Waals surface area contributed by atoms with E-state index in [9.17, 15) is 0 Å². The second-order valence-corrected chi connectivity index (χ2v) is 5.70. The van der Waals surface area contributed by atoms with Crippen molar-refractivity contribution in [2.24, 2.45) is 10.1 Å². The molecule has 0 fully saturated rings. The minimum atomic E-state index is 0.824. The molecule has 3 heterocycles. The molecule has 100 valence electrons. The van der Waals surface area contributed by atoms with Crippen molar-refractivity contribution in [3.63, 3.8) is 0 Å². The Balaban J connectivity index is 2.05. The molecule has 0 aliphatic carbocycles. The highest BCUT2D eigenvalue weighted by molar-refractivity contribution is 7.14. The van der Waals surface area contributed by atoms with E-state index in [1.807, 2.05) is 28.9 Å². The lowest BCUT2D eigenvalue weighted by molar-refractivity contribution is 0.849. The SMILES string of the molecule is CN=c1scc(-c2cccs2)n1/N=C\c1ccccn1. The van der Waals surface area contributed by atoms with Crippen LogP contribution >= 0.6 is 22.7 Å². The van der Waals surface area contributed by atoms with Gasteiger partial charge in [-0.2, -0.15) is 5.10 Å². The van der Waals surface area contributed by atoms with Crippen LogP contribution in [0.4, 0.5) is 0 Å². The van der Waals surface area contributed by atoms with Crippen LogP contribution in [-0.2, 0) is 0 Å². The Kier molecular flexibility index (Phi) is 3.85. The molecule has 0 saturated carbocycles. The van der Waals surface area contributed by atoms with E-state index in [0.717, 1.165) is 16.2 Å². The molecule has 0 bridgehead atoms. The molecule has 0 aliphatic rings. The highest BCUT2D eigenvalue weighted by Gasteiger charge is 2.07. The third kappa shape index (κ3) is 2.61. The Morgan fingerprint density at radius 2 is 2.15 bits per heavy atom. The molecule has 3 aromatic rings. The number of pyridine rings is 1. The van der Waals surface area contributed by atoms with Crippen LogP contribution in [0.3, 0.4) is 0 Å². The number of hydrogen-bond acceptors (Lipinski definition) is 5. The van der Waals surface area contributed by atoms with Gasteiger partial charge in [-0.05, 0) is 23.6 Å². The van der Waals surface area contributed by atoms with Gasteiger partial charge in [-0.25, -0.2) is 4.68 Å². The van der Waals surface area contributed by atoms with Gasteiger partial charge < -0.3 is 0 Å². The molecule has 4 nitrogen and oxygen atoms in total. The van der Waals surface area contributed by atoms with Crippen molar-refractivity contribution >= 4 is 28.9 Å². The first-order valence-corrected chi connectivity index (χ1v) is 7.77. The third-order valence-corrected chi connectivity index (χ3v) is 4.44. The fourth-order valence-electron chi connectivity index (χ4n) is 1.73. The summed E-state index contributed by atoms with van der Waals surface area (Å²) in [5, 5.41) is 8.65. The lowest BCUT2D eigenvalue weighted by Crippen LogP contribution is -2.11. The maximum absolute atomic E-state index is 4.52. The van der Waals surface area contributed by atoms with Gasteiger partial charge in [0.25, 0.3) is 0 Å². The van der Waals surface area contributed by atoms with Crippen molar-refractivity contribution in [2.75, 3.05) is 7.05 Å². The Bertz CT molecular complexity index is 767. The van der Waals surface area contributed by atoms with Crippen molar-refractivity contribution in [3.05, 3.63) is 57.8 Å². The van der Waals surface area contributed by atoms with Crippen LogP contribution in [0.25, 0.3) is 10.6 Å². The highest BCUT2D eigenvalue weighted by atomic mass is 32.1. The van der Waals surface area contributed by atoms with E-state index in [0.29, 0.717) is 0 Å². The smallest absolute Gasteiger partial charge is 0.205 e. The molecule has 3 rings (SSSR count). The van der Waals surface area contributed by atoms with Crippen LogP contribution in [0.5, 0.6) is 0 Å². The lowest BCUT2D eigenvalue weighted by atomic mass is 10.4. The highest BCUT2D eigenvalue weighted by Crippen LogP contribution is 2.24. The van der Waals surface area contributed by atoms with Crippen LogP contribution in [0.2, 0.25) is 0 Å². The average molecular weight is 300 g/mol. The number of hydrogen-bond donors (Lipinski definition) is 0. The van der Waals surface area contributed by atoms with E-state index in [-0.39, 0.29) is 0 Å². The van der Waals surface area contributed by atoms with E-state index in [1.54, 1.807) is 42.1 Å². The van der Waals surface area contributed by atoms with E-state index in [2.05, 4.69) is 31.9 Å². The van der Waals surface area contributed by atoms with Gasteiger partial charge in [-0.3, -0.25) is 9.98 Å². The summed E-state index contributed by atoms with van der Waals surface area (Å²) in [4.78, 5) is 10.5. The van der Waals surface area contributed by atoms with E-state index < -0.39 is 0 Å². The van der Waals surface area contributed by atoms with Crippen molar-refractivity contribution in [3.8, 4) is 10.6 Å². The molecule has 0 amide bonds. The van der Waals surface area contributed by atoms with Crippen molar-refractivity contribution < 1.29 is 0 Å². The molecule has 0 spiro atoms. The molecular formula is C14H12N4S2. The number of aromatic nitrogens is 2. The van der Waals surface area contributed by atoms with Gasteiger partial charge in [0.05, 0.1) is 22.5 Å². The number of thiophene rings is 1. The predicted octanol–water partition coefficient (Wildman–Crippen LogP) is 3.09. The summed E-state index contributed by atoms with van der Waals surface area (Å²) in [5.74, 6) is 0. The fourth-order valence-corrected chi connectivity index (χ4v) is 3.32. The summed E-state index contributed by atoms with van der Waals surface area (Å²) >= 11 is 3.27. The summed E-state index contributed by atoms with van der Waals surface area (Å²) in [7, 11) is 1.77. The van der Waals surface area contributed by atoms with Gasteiger partial charge in [-0.1, -0.05) is 12.1 Å². The first-order chi connectivity index (χ1) is 9.88. The second-order valence-electron chi connectivity index (χ2n) is 3.92. The van der Waals surface area contributed by atoms with Gasteiger partial charge in [0.2, 0.25) is 4.80 Å². The number of thiazole rings is 1. The first-order valence-electron chi connectivity index (χ1n) is 6.01. The van der Waals surface area contributed by atoms with Gasteiger partial charge in [0, 0.05) is 18.6 Å². The molecule has 6 heteroatoms. The van der Waals surface area contributed by atoms with Crippen molar-refractivity contribution in [2.45, 2.75) is 0 Å². The molecule has 0 saturated heterocycles. The molecule has 0 atom stereocenters.